The highest BCUT2D eigenvalue weighted by Crippen LogP contribution is 2.18. The summed E-state index contributed by atoms with van der Waals surface area (Å²) in [4.78, 5) is 31.3. The zero-order valence-corrected chi connectivity index (χ0v) is 13.6. The van der Waals surface area contributed by atoms with E-state index >= 15 is 0 Å². The van der Waals surface area contributed by atoms with E-state index in [1.807, 2.05) is 18.2 Å². The van der Waals surface area contributed by atoms with Crippen LogP contribution >= 0.6 is 11.8 Å². The summed E-state index contributed by atoms with van der Waals surface area (Å²) in [5.41, 5.74) is 2.43. The van der Waals surface area contributed by atoms with Crippen molar-refractivity contribution in [2.75, 3.05) is 12.3 Å². The van der Waals surface area contributed by atoms with E-state index in [2.05, 4.69) is 15.3 Å². The second-order valence-electron chi connectivity index (χ2n) is 5.47. The van der Waals surface area contributed by atoms with Gasteiger partial charge in [0.2, 0.25) is 0 Å². The zero-order valence-electron chi connectivity index (χ0n) is 12.8. The molecule has 0 saturated carbocycles. The third kappa shape index (κ3) is 4.01. The van der Waals surface area contributed by atoms with Crippen molar-refractivity contribution in [3.63, 3.8) is 0 Å². The molecule has 120 valence electrons. The highest BCUT2D eigenvalue weighted by molar-refractivity contribution is 7.99. The van der Waals surface area contributed by atoms with Crippen molar-refractivity contribution < 1.29 is 4.79 Å². The molecule has 2 aromatic rings. The number of nitrogens with one attached hydrogen (secondary N) is 2. The molecule has 1 amide bonds. The van der Waals surface area contributed by atoms with Gasteiger partial charge in [-0.3, -0.25) is 9.59 Å². The molecule has 0 bridgehead atoms. The number of aromatic nitrogens is 2. The van der Waals surface area contributed by atoms with Crippen LogP contribution in [0.25, 0.3) is 0 Å². The van der Waals surface area contributed by atoms with E-state index in [4.69, 9.17) is 0 Å². The van der Waals surface area contributed by atoms with E-state index in [-0.39, 0.29) is 11.5 Å². The molecule has 0 aliphatic heterocycles. The van der Waals surface area contributed by atoms with E-state index in [9.17, 15) is 9.59 Å². The summed E-state index contributed by atoms with van der Waals surface area (Å²) in [6, 6.07) is 9.12. The second-order valence-corrected chi connectivity index (χ2v) is 6.56. The van der Waals surface area contributed by atoms with E-state index in [1.54, 1.807) is 12.1 Å². The van der Waals surface area contributed by atoms with Gasteiger partial charge in [-0.2, -0.15) is 0 Å². The molecule has 1 aliphatic carbocycles. The van der Waals surface area contributed by atoms with Gasteiger partial charge in [0.25, 0.3) is 11.5 Å². The summed E-state index contributed by atoms with van der Waals surface area (Å²) in [5.74, 6) is 0.582. The minimum atomic E-state index is -0.0851. The molecule has 0 radical (unpaired) electrons. The first kappa shape index (κ1) is 15.8. The number of fused-ring (bicyclic) bond motifs is 1. The van der Waals surface area contributed by atoms with Crippen LogP contribution in [-0.4, -0.2) is 28.2 Å². The number of hydrogen-bond donors (Lipinski definition) is 2. The lowest BCUT2D eigenvalue weighted by Crippen LogP contribution is -2.26. The van der Waals surface area contributed by atoms with Gasteiger partial charge in [0, 0.05) is 23.4 Å². The number of nitrogens with zero attached hydrogens (tertiary/aromatic N) is 1. The fraction of sp³-hybridized carbons (Fsp3) is 0.353. The molecule has 3 rings (SSSR count). The van der Waals surface area contributed by atoms with E-state index in [1.165, 1.54) is 11.8 Å². The monoisotopic (exact) mass is 329 g/mol. The molecule has 0 fully saturated rings. The normalized spacial score (nSPS) is 13.4. The SMILES string of the molecule is O=C(NCCSc1nc2c(c(=O)[nH]1)CCCC2)c1ccccc1. The molecular formula is C17H19N3O2S. The lowest BCUT2D eigenvalue weighted by molar-refractivity contribution is 0.0956. The quantitative estimate of drug-likeness (QED) is 0.501. The van der Waals surface area contributed by atoms with Gasteiger partial charge in [0.1, 0.15) is 0 Å². The van der Waals surface area contributed by atoms with Crippen molar-refractivity contribution in [3.05, 3.63) is 57.5 Å². The van der Waals surface area contributed by atoms with Gasteiger partial charge < -0.3 is 10.3 Å². The number of aromatic amines is 1. The summed E-state index contributed by atoms with van der Waals surface area (Å²) in [6.45, 7) is 0.527. The van der Waals surface area contributed by atoms with Gasteiger partial charge in [-0.05, 0) is 37.8 Å². The van der Waals surface area contributed by atoms with Gasteiger partial charge in [0.05, 0.1) is 5.69 Å². The number of carbonyl (C=O) groups excluding carboxylic acids is 1. The average Bonchev–Trinajstić information content (AvgIpc) is 2.59. The summed E-state index contributed by atoms with van der Waals surface area (Å²) in [5, 5.41) is 3.51. The van der Waals surface area contributed by atoms with E-state index < -0.39 is 0 Å². The van der Waals surface area contributed by atoms with Gasteiger partial charge in [0.15, 0.2) is 5.16 Å². The van der Waals surface area contributed by atoms with Crippen molar-refractivity contribution in [1.82, 2.24) is 15.3 Å². The first-order valence-electron chi connectivity index (χ1n) is 7.82. The molecule has 2 N–H and O–H groups in total. The molecule has 0 unspecified atom stereocenters. The Bertz CT molecular complexity index is 743. The maximum absolute atomic E-state index is 12.0. The number of hydrogen-bond acceptors (Lipinski definition) is 4. The summed E-state index contributed by atoms with van der Waals surface area (Å²) >= 11 is 1.46. The van der Waals surface area contributed by atoms with Gasteiger partial charge in [-0.1, -0.05) is 30.0 Å². The molecule has 0 atom stereocenters. The van der Waals surface area contributed by atoms with Crippen LogP contribution < -0.4 is 10.9 Å². The Morgan fingerprint density at radius 1 is 1.22 bits per heavy atom. The van der Waals surface area contributed by atoms with Crippen LogP contribution in [0.3, 0.4) is 0 Å². The molecule has 1 aromatic heterocycles. The number of amides is 1. The molecule has 0 spiro atoms. The predicted molar refractivity (Wildman–Crippen MR) is 91.0 cm³/mol. The van der Waals surface area contributed by atoms with Crippen LogP contribution in [0, 0.1) is 0 Å². The lowest BCUT2D eigenvalue weighted by Gasteiger charge is -2.14. The largest absolute Gasteiger partial charge is 0.351 e. The van der Waals surface area contributed by atoms with Crippen molar-refractivity contribution in [2.24, 2.45) is 0 Å². The Labute approximate surface area is 138 Å². The maximum atomic E-state index is 12.0. The molecule has 1 aromatic carbocycles. The van der Waals surface area contributed by atoms with Crippen molar-refractivity contribution >= 4 is 17.7 Å². The Hall–Kier alpha value is -2.08. The maximum Gasteiger partial charge on any atom is 0.254 e. The van der Waals surface area contributed by atoms with Crippen molar-refractivity contribution in [3.8, 4) is 0 Å². The highest BCUT2D eigenvalue weighted by atomic mass is 32.2. The minimum absolute atomic E-state index is 0.00878. The van der Waals surface area contributed by atoms with Crippen LogP contribution in [-0.2, 0) is 12.8 Å². The van der Waals surface area contributed by atoms with Crippen molar-refractivity contribution in [1.29, 1.82) is 0 Å². The lowest BCUT2D eigenvalue weighted by atomic mass is 9.97. The first-order valence-corrected chi connectivity index (χ1v) is 8.81. The summed E-state index contributed by atoms with van der Waals surface area (Å²) < 4.78 is 0. The standard InChI is InChI=1S/C17H19N3O2S/c21-15(12-6-2-1-3-7-12)18-10-11-23-17-19-14-9-5-4-8-13(14)16(22)20-17/h1-3,6-7H,4-5,8-11H2,(H,18,21)(H,19,20,22). The Morgan fingerprint density at radius 2 is 2.00 bits per heavy atom. The number of carbonyl (C=O) groups is 1. The Kier molecular flexibility index (Phi) is 5.12. The van der Waals surface area contributed by atoms with E-state index in [0.29, 0.717) is 23.0 Å². The second kappa shape index (κ2) is 7.46. The third-order valence-corrected chi connectivity index (χ3v) is 4.71. The van der Waals surface area contributed by atoms with Crippen LogP contribution in [0.15, 0.2) is 40.3 Å². The van der Waals surface area contributed by atoms with Gasteiger partial charge >= 0.3 is 0 Å². The molecule has 6 heteroatoms. The molecule has 0 saturated heterocycles. The molecule has 1 heterocycles. The zero-order chi connectivity index (χ0) is 16.1. The van der Waals surface area contributed by atoms with Crippen LogP contribution in [0.1, 0.15) is 34.5 Å². The summed E-state index contributed by atoms with van der Waals surface area (Å²) in [7, 11) is 0. The fourth-order valence-electron chi connectivity index (χ4n) is 2.65. The first-order chi connectivity index (χ1) is 11.2. The van der Waals surface area contributed by atoms with Crippen LogP contribution in [0.2, 0.25) is 0 Å². The van der Waals surface area contributed by atoms with E-state index in [0.717, 1.165) is 36.9 Å². The minimum Gasteiger partial charge on any atom is -0.351 e. The number of thioether (sulfide) groups is 1. The van der Waals surface area contributed by atoms with Gasteiger partial charge in [-0.15, -0.1) is 0 Å². The number of aryl methyl sites for hydroxylation is 1. The molecule has 5 nitrogen and oxygen atoms in total. The Balaban J connectivity index is 1.52. The Morgan fingerprint density at radius 3 is 2.83 bits per heavy atom. The third-order valence-electron chi connectivity index (χ3n) is 3.83. The molecule has 23 heavy (non-hydrogen) atoms. The predicted octanol–water partition coefficient (Wildman–Crippen LogP) is 2.17. The average molecular weight is 329 g/mol. The number of rotatable bonds is 5. The number of H-pyrrole nitrogens is 1. The molecular weight excluding hydrogens is 310 g/mol. The highest BCUT2D eigenvalue weighted by Gasteiger charge is 2.15. The topological polar surface area (TPSA) is 74.8 Å². The number of benzene rings is 1. The fourth-order valence-corrected chi connectivity index (χ4v) is 3.39. The molecule has 1 aliphatic rings. The van der Waals surface area contributed by atoms with Gasteiger partial charge in [-0.25, -0.2) is 4.98 Å². The van der Waals surface area contributed by atoms with Crippen LogP contribution in [0.5, 0.6) is 0 Å². The summed E-state index contributed by atoms with van der Waals surface area (Å²) in [6.07, 6.45) is 3.88. The van der Waals surface area contributed by atoms with Crippen molar-refractivity contribution in [2.45, 2.75) is 30.8 Å². The smallest absolute Gasteiger partial charge is 0.254 e. The van der Waals surface area contributed by atoms with Crippen LogP contribution in [0.4, 0.5) is 0 Å².